The predicted molar refractivity (Wildman–Crippen MR) is 44.0 cm³/mol. The van der Waals surface area contributed by atoms with Crippen LogP contribution in [-0.2, 0) is 0 Å². The number of aryl methyl sites for hydroxylation is 1. The van der Waals surface area contributed by atoms with E-state index in [4.69, 9.17) is 5.41 Å². The van der Waals surface area contributed by atoms with E-state index in [1.54, 1.807) is 0 Å². The number of alkyl halides is 3. The van der Waals surface area contributed by atoms with E-state index in [0.717, 1.165) is 6.07 Å². The molecule has 0 saturated heterocycles. The maximum atomic E-state index is 12.6. The molecule has 0 saturated carbocycles. The molecule has 0 aromatic heterocycles. The zero-order valence-electron chi connectivity index (χ0n) is 7.24. The van der Waals surface area contributed by atoms with Gasteiger partial charge in [-0.3, -0.25) is 5.41 Å². The Morgan fingerprint density at radius 1 is 1.29 bits per heavy atom. The lowest BCUT2D eigenvalue weighted by Crippen LogP contribution is -2.23. The van der Waals surface area contributed by atoms with Gasteiger partial charge in [-0.05, 0) is 24.6 Å². The monoisotopic (exact) mass is 205 g/mol. The summed E-state index contributed by atoms with van der Waals surface area (Å²) in [5, 5.41) is 6.83. The highest BCUT2D eigenvalue weighted by Crippen LogP contribution is 2.23. The fourth-order valence-electron chi connectivity index (χ4n) is 1.02. The maximum absolute atomic E-state index is 12.6. The van der Waals surface area contributed by atoms with Crippen molar-refractivity contribution in [3.05, 3.63) is 35.1 Å². The van der Waals surface area contributed by atoms with Crippen LogP contribution in [0.4, 0.5) is 17.6 Å². The molecule has 0 heterocycles. The molecule has 0 aliphatic carbocycles. The average Bonchev–Trinajstić information content (AvgIpc) is 2.06. The third kappa shape index (κ3) is 2.10. The Labute approximate surface area is 77.9 Å². The molecule has 0 radical (unpaired) electrons. The number of hydrogen-bond donors (Lipinski definition) is 1. The van der Waals surface area contributed by atoms with Gasteiger partial charge >= 0.3 is 6.18 Å². The number of rotatable bonds is 1. The zero-order chi connectivity index (χ0) is 10.9. The number of benzene rings is 1. The summed E-state index contributed by atoms with van der Waals surface area (Å²) in [6, 6.07) is 2.98. The minimum Gasteiger partial charge on any atom is -0.296 e. The largest absolute Gasteiger partial charge is 0.433 e. The second-order valence-corrected chi connectivity index (χ2v) is 2.83. The number of nitrogens with one attached hydrogen (secondary N) is 1. The highest BCUT2D eigenvalue weighted by molar-refractivity contribution is 6.03. The van der Waals surface area contributed by atoms with E-state index in [-0.39, 0.29) is 5.56 Å². The van der Waals surface area contributed by atoms with Crippen molar-refractivity contribution >= 4 is 5.71 Å². The van der Waals surface area contributed by atoms with E-state index < -0.39 is 23.3 Å². The topological polar surface area (TPSA) is 23.9 Å². The van der Waals surface area contributed by atoms with E-state index in [2.05, 4.69) is 0 Å². The molecule has 1 aromatic carbocycles. The fraction of sp³-hybridized carbons (Fsp3) is 0.222. The van der Waals surface area contributed by atoms with Crippen molar-refractivity contribution < 1.29 is 17.6 Å². The van der Waals surface area contributed by atoms with Crippen LogP contribution in [-0.4, -0.2) is 11.9 Å². The smallest absolute Gasteiger partial charge is 0.296 e. The highest BCUT2D eigenvalue weighted by Gasteiger charge is 2.36. The van der Waals surface area contributed by atoms with Gasteiger partial charge in [0.15, 0.2) is 0 Å². The molecule has 5 heteroatoms. The van der Waals surface area contributed by atoms with Gasteiger partial charge in [0.25, 0.3) is 0 Å². The van der Waals surface area contributed by atoms with Crippen LogP contribution >= 0.6 is 0 Å². The molecule has 1 aromatic rings. The van der Waals surface area contributed by atoms with Gasteiger partial charge in [-0.2, -0.15) is 13.2 Å². The first-order valence-corrected chi connectivity index (χ1v) is 3.74. The standard InChI is InChI=1S/C9H7F4N/c1-5-2-3-6(10)4-7(5)8(14)9(11,12)13/h2-4,14H,1H3. The number of halogens is 4. The van der Waals surface area contributed by atoms with Crippen molar-refractivity contribution in [3.8, 4) is 0 Å². The predicted octanol–water partition coefficient (Wildman–Crippen LogP) is 3.06. The van der Waals surface area contributed by atoms with Crippen molar-refractivity contribution in [1.82, 2.24) is 0 Å². The maximum Gasteiger partial charge on any atom is 0.433 e. The molecule has 1 rings (SSSR count). The van der Waals surface area contributed by atoms with Gasteiger partial charge in [-0.15, -0.1) is 0 Å². The molecular formula is C9H7F4N. The van der Waals surface area contributed by atoms with E-state index in [1.807, 2.05) is 0 Å². The number of hydrogen-bond acceptors (Lipinski definition) is 1. The molecule has 14 heavy (non-hydrogen) atoms. The molecule has 0 aliphatic heterocycles. The first-order chi connectivity index (χ1) is 6.32. The van der Waals surface area contributed by atoms with Gasteiger partial charge in [0.2, 0.25) is 0 Å². The summed E-state index contributed by atoms with van der Waals surface area (Å²) in [7, 11) is 0. The lowest BCUT2D eigenvalue weighted by molar-refractivity contribution is -0.0588. The Hall–Kier alpha value is -1.39. The lowest BCUT2D eigenvalue weighted by Gasteiger charge is -2.10. The molecule has 76 valence electrons. The zero-order valence-corrected chi connectivity index (χ0v) is 7.24. The Morgan fingerprint density at radius 3 is 2.36 bits per heavy atom. The second-order valence-electron chi connectivity index (χ2n) is 2.83. The molecule has 0 amide bonds. The molecule has 1 nitrogen and oxygen atoms in total. The third-order valence-electron chi connectivity index (χ3n) is 1.75. The molecule has 1 N–H and O–H groups in total. The molecule has 0 aliphatic rings. The summed E-state index contributed by atoms with van der Waals surface area (Å²) in [5.74, 6) is -0.778. The highest BCUT2D eigenvalue weighted by atomic mass is 19.4. The van der Waals surface area contributed by atoms with Crippen molar-refractivity contribution in [2.75, 3.05) is 0 Å². The minimum atomic E-state index is -4.74. The normalized spacial score (nSPS) is 11.5. The summed E-state index contributed by atoms with van der Waals surface area (Å²) < 4.78 is 48.9. The van der Waals surface area contributed by atoms with Gasteiger partial charge in [0, 0.05) is 5.56 Å². The van der Waals surface area contributed by atoms with Crippen LogP contribution in [0.1, 0.15) is 11.1 Å². The quantitative estimate of drug-likeness (QED) is 0.538. The van der Waals surface area contributed by atoms with Crippen molar-refractivity contribution in [3.63, 3.8) is 0 Å². The van der Waals surface area contributed by atoms with Crippen LogP contribution in [0.25, 0.3) is 0 Å². The van der Waals surface area contributed by atoms with Gasteiger partial charge in [0.05, 0.1) is 0 Å². The van der Waals surface area contributed by atoms with Gasteiger partial charge in [0.1, 0.15) is 11.5 Å². The summed E-state index contributed by atoms with van der Waals surface area (Å²) in [5.41, 5.74) is -1.71. The van der Waals surface area contributed by atoms with Crippen LogP contribution in [0, 0.1) is 18.2 Å². The molecule has 0 fully saturated rings. The molecule has 0 unspecified atom stereocenters. The van der Waals surface area contributed by atoms with Gasteiger partial charge < -0.3 is 0 Å². The van der Waals surface area contributed by atoms with Crippen molar-refractivity contribution in [1.29, 1.82) is 5.41 Å². The Kier molecular flexibility index (Phi) is 2.59. The van der Waals surface area contributed by atoms with E-state index in [1.165, 1.54) is 13.0 Å². The summed E-state index contributed by atoms with van der Waals surface area (Å²) in [6.45, 7) is 1.40. The Balaban J connectivity index is 3.19. The summed E-state index contributed by atoms with van der Waals surface area (Å²) >= 11 is 0. The SMILES string of the molecule is Cc1ccc(F)cc1C(=N)C(F)(F)F. The van der Waals surface area contributed by atoms with Gasteiger partial charge in [-0.25, -0.2) is 4.39 Å². The van der Waals surface area contributed by atoms with Crippen molar-refractivity contribution in [2.24, 2.45) is 0 Å². The van der Waals surface area contributed by atoms with Crippen LogP contribution in [0.3, 0.4) is 0 Å². The van der Waals surface area contributed by atoms with E-state index in [0.29, 0.717) is 6.07 Å². The minimum absolute atomic E-state index is 0.230. The van der Waals surface area contributed by atoms with E-state index >= 15 is 0 Å². The first-order valence-electron chi connectivity index (χ1n) is 3.74. The first kappa shape index (κ1) is 10.7. The Bertz CT molecular complexity index is 368. The fourth-order valence-corrected chi connectivity index (χ4v) is 1.02. The van der Waals surface area contributed by atoms with Crippen LogP contribution in [0.5, 0.6) is 0 Å². The molecule has 0 spiro atoms. The van der Waals surface area contributed by atoms with Crippen LogP contribution in [0.15, 0.2) is 18.2 Å². The molecular weight excluding hydrogens is 198 g/mol. The average molecular weight is 205 g/mol. The second kappa shape index (κ2) is 3.40. The summed E-state index contributed by atoms with van der Waals surface area (Å²) in [6.07, 6.45) is -4.74. The lowest BCUT2D eigenvalue weighted by atomic mass is 10.0. The van der Waals surface area contributed by atoms with Crippen LogP contribution < -0.4 is 0 Å². The Morgan fingerprint density at radius 2 is 1.86 bits per heavy atom. The van der Waals surface area contributed by atoms with E-state index in [9.17, 15) is 17.6 Å². The summed E-state index contributed by atoms with van der Waals surface area (Å²) in [4.78, 5) is 0. The van der Waals surface area contributed by atoms with Gasteiger partial charge in [-0.1, -0.05) is 6.07 Å². The molecule has 0 bridgehead atoms. The van der Waals surface area contributed by atoms with Crippen LogP contribution in [0.2, 0.25) is 0 Å². The third-order valence-corrected chi connectivity index (χ3v) is 1.75. The molecule has 0 atom stereocenters. The van der Waals surface area contributed by atoms with Crippen molar-refractivity contribution in [2.45, 2.75) is 13.1 Å².